The number of para-hydroxylation sites is 1. The topological polar surface area (TPSA) is 6.48 Å². The van der Waals surface area contributed by atoms with Crippen molar-refractivity contribution in [1.29, 1.82) is 0 Å². The molecule has 0 fully saturated rings. The van der Waals surface area contributed by atoms with Crippen LogP contribution in [0.15, 0.2) is 85.5 Å². The minimum absolute atomic E-state index is 0.495. The number of nitrogens with zero attached hydrogens (tertiary/aromatic N) is 2. The second kappa shape index (κ2) is 7.87. The predicted octanol–water partition coefficient (Wildman–Crippen LogP) is 5.41. The van der Waals surface area contributed by atoms with Crippen LogP contribution in [0.5, 0.6) is 0 Å². The Balaban J connectivity index is 1.53. The Bertz CT molecular complexity index is 662. The van der Waals surface area contributed by atoms with E-state index >= 15 is 0 Å². The summed E-state index contributed by atoms with van der Waals surface area (Å²) in [5, 5.41) is 0. The van der Waals surface area contributed by atoms with Gasteiger partial charge in [0.2, 0.25) is 0 Å². The molecular weight excluding hydrogens is 292 g/mol. The molecule has 0 radical (unpaired) electrons. The van der Waals surface area contributed by atoms with Gasteiger partial charge in [0.05, 0.1) is 0 Å². The molecule has 3 rings (SSSR count). The fraction of sp³-hybridized carbons (Fsp3) is 0.273. The van der Waals surface area contributed by atoms with Gasteiger partial charge in [0, 0.05) is 36.5 Å². The summed E-state index contributed by atoms with van der Waals surface area (Å²) in [7, 11) is 0. The van der Waals surface area contributed by atoms with Gasteiger partial charge in [0.1, 0.15) is 0 Å². The molecule has 124 valence electrons. The van der Waals surface area contributed by atoms with Crippen molar-refractivity contribution in [1.82, 2.24) is 4.90 Å². The van der Waals surface area contributed by atoms with E-state index in [1.54, 1.807) is 0 Å². The molecule has 2 aromatic rings. The zero-order valence-electron chi connectivity index (χ0n) is 14.5. The van der Waals surface area contributed by atoms with E-state index in [0.717, 1.165) is 6.42 Å². The lowest BCUT2D eigenvalue weighted by Crippen LogP contribution is -2.29. The highest BCUT2D eigenvalue weighted by atomic mass is 15.2. The molecule has 0 N–H and O–H groups in total. The second-order valence-corrected chi connectivity index (χ2v) is 6.67. The Morgan fingerprint density at radius 1 is 0.750 bits per heavy atom. The van der Waals surface area contributed by atoms with E-state index in [0.29, 0.717) is 12.0 Å². The van der Waals surface area contributed by atoms with Crippen LogP contribution in [0.3, 0.4) is 0 Å². The van der Waals surface area contributed by atoms with E-state index in [9.17, 15) is 0 Å². The van der Waals surface area contributed by atoms with Crippen LogP contribution in [0.4, 0.5) is 5.69 Å². The first kappa shape index (κ1) is 16.4. The third-order valence-corrected chi connectivity index (χ3v) is 4.53. The molecule has 24 heavy (non-hydrogen) atoms. The molecule has 0 amide bonds. The van der Waals surface area contributed by atoms with Gasteiger partial charge in [0.15, 0.2) is 0 Å². The summed E-state index contributed by atoms with van der Waals surface area (Å²) in [5.41, 5.74) is 2.62. The van der Waals surface area contributed by atoms with E-state index < -0.39 is 0 Å². The van der Waals surface area contributed by atoms with Crippen LogP contribution in [0.2, 0.25) is 0 Å². The van der Waals surface area contributed by atoms with Crippen LogP contribution in [0, 0.1) is 5.92 Å². The molecule has 0 saturated carbocycles. The van der Waals surface area contributed by atoms with E-state index in [2.05, 4.69) is 103 Å². The highest BCUT2D eigenvalue weighted by Gasteiger charge is 2.15. The molecule has 1 heterocycles. The van der Waals surface area contributed by atoms with Crippen molar-refractivity contribution in [2.75, 3.05) is 4.90 Å². The lowest BCUT2D eigenvalue weighted by Gasteiger charge is -2.31. The number of anilines is 1. The molecule has 1 aliphatic heterocycles. The quantitative estimate of drug-likeness (QED) is 0.703. The molecular formula is C22H26N2. The monoisotopic (exact) mass is 318 g/mol. The van der Waals surface area contributed by atoms with Gasteiger partial charge in [0.25, 0.3) is 0 Å². The third kappa shape index (κ3) is 4.29. The third-order valence-electron chi connectivity index (χ3n) is 4.53. The van der Waals surface area contributed by atoms with Gasteiger partial charge in [-0.1, -0.05) is 55.5 Å². The zero-order valence-corrected chi connectivity index (χ0v) is 14.5. The summed E-state index contributed by atoms with van der Waals surface area (Å²) in [6.07, 6.45) is 10.9. The first-order valence-electron chi connectivity index (χ1n) is 8.74. The van der Waals surface area contributed by atoms with Gasteiger partial charge in [-0.3, -0.25) is 0 Å². The average Bonchev–Trinajstić information content (AvgIpc) is 2.63. The van der Waals surface area contributed by atoms with E-state index in [1.165, 1.54) is 17.7 Å². The van der Waals surface area contributed by atoms with Crippen molar-refractivity contribution in [3.63, 3.8) is 0 Å². The normalized spacial score (nSPS) is 16.2. The van der Waals surface area contributed by atoms with Crippen LogP contribution in [-0.2, 0) is 6.42 Å². The molecule has 2 aromatic carbocycles. The van der Waals surface area contributed by atoms with Crippen molar-refractivity contribution >= 4 is 5.69 Å². The van der Waals surface area contributed by atoms with Crippen molar-refractivity contribution in [2.24, 2.45) is 5.92 Å². The Morgan fingerprint density at radius 3 is 1.96 bits per heavy atom. The lowest BCUT2D eigenvalue weighted by atomic mass is 9.94. The second-order valence-electron chi connectivity index (χ2n) is 6.67. The summed E-state index contributed by atoms with van der Waals surface area (Å²) in [6, 6.07) is 21.7. The van der Waals surface area contributed by atoms with Crippen LogP contribution >= 0.6 is 0 Å². The van der Waals surface area contributed by atoms with E-state index in [4.69, 9.17) is 0 Å². The summed E-state index contributed by atoms with van der Waals surface area (Å²) in [5.74, 6) is 0.663. The van der Waals surface area contributed by atoms with Gasteiger partial charge >= 0.3 is 0 Å². The maximum atomic E-state index is 2.34. The molecule has 0 aliphatic carbocycles. The first-order chi connectivity index (χ1) is 11.7. The van der Waals surface area contributed by atoms with E-state index in [1.807, 2.05) is 6.07 Å². The van der Waals surface area contributed by atoms with Crippen molar-refractivity contribution < 1.29 is 0 Å². The fourth-order valence-corrected chi connectivity index (χ4v) is 3.27. The number of hydrogen-bond donors (Lipinski definition) is 0. The van der Waals surface area contributed by atoms with Gasteiger partial charge < -0.3 is 9.80 Å². The Kier molecular flexibility index (Phi) is 5.37. The smallest absolute Gasteiger partial charge is 0.0450 e. The standard InChI is InChI=1S/C22H26N2/c1-19(18-21-9-5-3-6-10-21)17-20(2)23-13-15-24(16-14-23)22-11-7-4-8-12-22/h3-16,19-20H,17-18H2,1-2H3. The fourth-order valence-electron chi connectivity index (χ4n) is 3.27. The van der Waals surface area contributed by atoms with Crippen LogP contribution in [-0.4, -0.2) is 10.9 Å². The van der Waals surface area contributed by atoms with Crippen LogP contribution in [0.25, 0.3) is 0 Å². The first-order valence-corrected chi connectivity index (χ1v) is 8.74. The van der Waals surface area contributed by atoms with Crippen molar-refractivity contribution in [3.8, 4) is 0 Å². The zero-order chi connectivity index (χ0) is 16.8. The van der Waals surface area contributed by atoms with Crippen LogP contribution < -0.4 is 4.90 Å². The van der Waals surface area contributed by atoms with Crippen LogP contribution in [0.1, 0.15) is 25.8 Å². The van der Waals surface area contributed by atoms with Gasteiger partial charge in [-0.15, -0.1) is 0 Å². The minimum atomic E-state index is 0.495. The Labute approximate surface area is 145 Å². The van der Waals surface area contributed by atoms with Gasteiger partial charge in [-0.05, 0) is 43.4 Å². The molecule has 2 unspecified atom stereocenters. The molecule has 2 atom stereocenters. The molecule has 2 nitrogen and oxygen atoms in total. The molecule has 0 aromatic heterocycles. The molecule has 2 heteroatoms. The lowest BCUT2D eigenvalue weighted by molar-refractivity contribution is 0.318. The summed E-state index contributed by atoms with van der Waals surface area (Å²) < 4.78 is 0. The Morgan fingerprint density at radius 2 is 1.33 bits per heavy atom. The molecule has 1 aliphatic rings. The molecule has 0 bridgehead atoms. The highest BCUT2D eigenvalue weighted by Crippen LogP contribution is 2.21. The number of rotatable bonds is 6. The predicted molar refractivity (Wildman–Crippen MR) is 102 cm³/mol. The highest BCUT2D eigenvalue weighted by molar-refractivity contribution is 5.52. The maximum Gasteiger partial charge on any atom is 0.0450 e. The van der Waals surface area contributed by atoms with Gasteiger partial charge in [-0.2, -0.15) is 0 Å². The largest absolute Gasteiger partial charge is 0.349 e. The Hall–Kier alpha value is -2.48. The minimum Gasteiger partial charge on any atom is -0.349 e. The SMILES string of the molecule is CC(Cc1ccccc1)CC(C)N1C=CN(c2ccccc2)C=C1. The number of benzene rings is 2. The van der Waals surface area contributed by atoms with Crippen molar-refractivity contribution in [3.05, 3.63) is 91.0 Å². The van der Waals surface area contributed by atoms with E-state index in [-0.39, 0.29) is 0 Å². The average molecular weight is 318 g/mol. The molecule has 0 spiro atoms. The summed E-state index contributed by atoms with van der Waals surface area (Å²) in [6.45, 7) is 4.64. The summed E-state index contributed by atoms with van der Waals surface area (Å²) in [4.78, 5) is 4.46. The van der Waals surface area contributed by atoms with Gasteiger partial charge in [-0.25, -0.2) is 0 Å². The number of hydrogen-bond acceptors (Lipinski definition) is 2. The van der Waals surface area contributed by atoms with Crippen molar-refractivity contribution in [2.45, 2.75) is 32.7 Å². The summed E-state index contributed by atoms with van der Waals surface area (Å²) >= 11 is 0. The molecule has 0 saturated heterocycles. The maximum absolute atomic E-state index is 2.34.